The van der Waals surface area contributed by atoms with E-state index in [4.69, 9.17) is 4.74 Å². The lowest BCUT2D eigenvalue weighted by molar-refractivity contribution is -0.120. The second-order valence-corrected chi connectivity index (χ2v) is 5.89. The Labute approximate surface area is 112 Å². The van der Waals surface area contributed by atoms with E-state index in [-0.39, 0.29) is 5.69 Å². The van der Waals surface area contributed by atoms with Crippen molar-refractivity contribution in [1.82, 2.24) is 20.3 Å². The molecule has 1 aromatic heterocycles. The predicted octanol–water partition coefficient (Wildman–Crippen LogP) is 0.715. The Morgan fingerprint density at radius 2 is 2.16 bits per heavy atom. The summed E-state index contributed by atoms with van der Waals surface area (Å²) in [5.41, 5.74) is -0.654. The Kier molecular flexibility index (Phi) is 3.31. The van der Waals surface area contributed by atoms with Gasteiger partial charge in [0.2, 0.25) is 0 Å². The van der Waals surface area contributed by atoms with E-state index in [0.717, 1.165) is 16.4 Å². The minimum absolute atomic E-state index is 0.0114. The number of amides is 2. The molecule has 1 fully saturated rings. The van der Waals surface area contributed by atoms with E-state index in [9.17, 15) is 14.4 Å². The van der Waals surface area contributed by atoms with E-state index in [1.165, 1.54) is 6.20 Å². The minimum Gasteiger partial charge on any atom is -0.455 e. The molecular formula is C10H12N4O4S. The van der Waals surface area contributed by atoms with Gasteiger partial charge in [0.15, 0.2) is 11.1 Å². The van der Waals surface area contributed by atoms with Crippen LogP contribution >= 0.6 is 11.8 Å². The molecular weight excluding hydrogens is 272 g/mol. The van der Waals surface area contributed by atoms with Crippen LogP contribution in [0.25, 0.3) is 0 Å². The molecule has 8 nitrogen and oxygen atoms in total. The second kappa shape index (κ2) is 4.65. The highest BCUT2D eigenvalue weighted by atomic mass is 32.2. The number of nitrogens with zero attached hydrogens (tertiary/aromatic N) is 3. The summed E-state index contributed by atoms with van der Waals surface area (Å²) >= 11 is 0.774. The first-order valence-electron chi connectivity index (χ1n) is 5.43. The van der Waals surface area contributed by atoms with Crippen molar-refractivity contribution in [3.05, 3.63) is 11.9 Å². The average Bonchev–Trinajstić information content (AvgIpc) is 2.82. The van der Waals surface area contributed by atoms with E-state index >= 15 is 0 Å². The first kappa shape index (κ1) is 13.5. The van der Waals surface area contributed by atoms with Crippen LogP contribution in [-0.2, 0) is 9.53 Å². The number of carbonyl (C=O) groups excluding carboxylic acids is 3. The maximum atomic E-state index is 11.7. The summed E-state index contributed by atoms with van der Waals surface area (Å²) in [6.45, 7) is 5.19. The van der Waals surface area contributed by atoms with Crippen molar-refractivity contribution in [1.29, 1.82) is 0 Å². The molecule has 1 N–H and O–H groups in total. The fourth-order valence-electron chi connectivity index (χ4n) is 1.34. The van der Waals surface area contributed by atoms with Gasteiger partial charge in [-0.3, -0.25) is 14.9 Å². The first-order valence-corrected chi connectivity index (χ1v) is 6.31. The Bertz CT molecular complexity index is 548. The molecule has 0 radical (unpaired) electrons. The molecule has 1 unspecified atom stereocenters. The molecule has 2 heterocycles. The van der Waals surface area contributed by atoms with Gasteiger partial charge in [0, 0.05) is 0 Å². The number of rotatable bonds is 2. The summed E-state index contributed by atoms with van der Waals surface area (Å²) in [5.74, 6) is -1.12. The van der Waals surface area contributed by atoms with Gasteiger partial charge in [-0.25, -0.2) is 9.48 Å². The minimum atomic E-state index is -0.837. The highest BCUT2D eigenvalue weighted by Gasteiger charge is 2.34. The molecule has 0 aliphatic carbocycles. The second-order valence-electron chi connectivity index (χ2n) is 4.83. The summed E-state index contributed by atoms with van der Waals surface area (Å²) in [7, 11) is 0. The van der Waals surface area contributed by atoms with Crippen LogP contribution in [0.4, 0.5) is 4.79 Å². The number of carbonyl (C=O) groups is 3. The quantitative estimate of drug-likeness (QED) is 0.798. The standard InChI is InChI=1S/C10H12N4O4S/c1-10(2,3)18-8(16)5-4-14(13-12-5)7-6(15)11-9(17)19-7/h4,7H,1-3H3,(H,11,15,17). The van der Waals surface area contributed by atoms with Crippen LogP contribution < -0.4 is 5.32 Å². The molecule has 1 atom stereocenters. The average molecular weight is 284 g/mol. The SMILES string of the molecule is CC(C)(C)OC(=O)c1cn(C2SC(=O)NC2=O)nn1. The van der Waals surface area contributed by atoms with Crippen LogP contribution in [0, 0.1) is 0 Å². The van der Waals surface area contributed by atoms with E-state index in [2.05, 4.69) is 15.6 Å². The molecule has 1 aromatic rings. The van der Waals surface area contributed by atoms with Crippen molar-refractivity contribution in [2.75, 3.05) is 0 Å². The number of ether oxygens (including phenoxy) is 1. The highest BCUT2D eigenvalue weighted by Crippen LogP contribution is 2.28. The molecule has 0 spiro atoms. The Balaban J connectivity index is 2.13. The number of hydrogen-bond donors (Lipinski definition) is 1. The van der Waals surface area contributed by atoms with Crippen LogP contribution in [0.1, 0.15) is 36.6 Å². The molecule has 19 heavy (non-hydrogen) atoms. The van der Waals surface area contributed by atoms with Crippen LogP contribution in [0.5, 0.6) is 0 Å². The first-order chi connectivity index (χ1) is 8.76. The van der Waals surface area contributed by atoms with Crippen molar-refractivity contribution in [2.24, 2.45) is 0 Å². The third-order valence-corrected chi connectivity index (χ3v) is 3.00. The normalized spacial score (nSPS) is 19.4. The fraction of sp³-hybridized carbons (Fsp3) is 0.500. The summed E-state index contributed by atoms with van der Waals surface area (Å²) in [5, 5.41) is 8.14. The molecule has 2 amide bonds. The lowest BCUT2D eigenvalue weighted by atomic mass is 10.2. The van der Waals surface area contributed by atoms with E-state index in [1.54, 1.807) is 20.8 Å². The molecule has 9 heteroatoms. The van der Waals surface area contributed by atoms with Crippen molar-refractivity contribution in [3.63, 3.8) is 0 Å². The zero-order chi connectivity index (χ0) is 14.2. The van der Waals surface area contributed by atoms with E-state index in [0.29, 0.717) is 0 Å². The smallest absolute Gasteiger partial charge is 0.361 e. The molecule has 1 aliphatic rings. The molecule has 1 saturated heterocycles. The lowest BCUT2D eigenvalue weighted by Crippen LogP contribution is -2.24. The van der Waals surface area contributed by atoms with Crippen LogP contribution in [0.15, 0.2) is 6.20 Å². The van der Waals surface area contributed by atoms with Crippen LogP contribution in [0.2, 0.25) is 0 Å². The van der Waals surface area contributed by atoms with Crippen LogP contribution in [-0.4, -0.2) is 37.7 Å². The van der Waals surface area contributed by atoms with Gasteiger partial charge < -0.3 is 4.74 Å². The van der Waals surface area contributed by atoms with Crippen LogP contribution in [0.3, 0.4) is 0 Å². The van der Waals surface area contributed by atoms with Crippen molar-refractivity contribution in [3.8, 4) is 0 Å². The monoisotopic (exact) mass is 284 g/mol. The van der Waals surface area contributed by atoms with Crippen molar-refractivity contribution < 1.29 is 19.1 Å². The fourth-order valence-corrected chi connectivity index (χ4v) is 2.08. The zero-order valence-corrected chi connectivity index (χ0v) is 11.4. The molecule has 1 aliphatic heterocycles. The lowest BCUT2D eigenvalue weighted by Gasteiger charge is -2.18. The van der Waals surface area contributed by atoms with Gasteiger partial charge in [0.25, 0.3) is 11.1 Å². The molecule has 102 valence electrons. The number of thioether (sulfide) groups is 1. The highest BCUT2D eigenvalue weighted by molar-refractivity contribution is 8.14. The summed E-state index contributed by atoms with van der Waals surface area (Å²) in [6.07, 6.45) is 1.28. The van der Waals surface area contributed by atoms with Crippen molar-refractivity contribution >= 4 is 28.9 Å². The van der Waals surface area contributed by atoms with Crippen molar-refractivity contribution in [2.45, 2.75) is 31.7 Å². The molecule has 2 rings (SSSR count). The summed E-state index contributed by atoms with van der Waals surface area (Å²) < 4.78 is 6.28. The number of esters is 1. The number of nitrogens with one attached hydrogen (secondary N) is 1. The zero-order valence-electron chi connectivity index (χ0n) is 10.5. The van der Waals surface area contributed by atoms with Gasteiger partial charge in [0.05, 0.1) is 6.20 Å². The van der Waals surface area contributed by atoms with Gasteiger partial charge in [-0.15, -0.1) is 5.10 Å². The number of imide groups is 1. The van der Waals surface area contributed by atoms with Gasteiger partial charge in [-0.1, -0.05) is 5.21 Å². The molecule has 0 saturated carbocycles. The van der Waals surface area contributed by atoms with Gasteiger partial charge in [0.1, 0.15) is 5.60 Å². The largest absolute Gasteiger partial charge is 0.455 e. The van der Waals surface area contributed by atoms with Gasteiger partial charge in [-0.2, -0.15) is 0 Å². The van der Waals surface area contributed by atoms with Gasteiger partial charge >= 0.3 is 5.97 Å². The topological polar surface area (TPSA) is 103 Å². The third-order valence-electron chi connectivity index (χ3n) is 2.03. The third kappa shape index (κ3) is 3.11. The maximum Gasteiger partial charge on any atom is 0.361 e. The maximum absolute atomic E-state index is 11.7. The summed E-state index contributed by atoms with van der Waals surface area (Å²) in [6, 6.07) is 0. The Hall–Kier alpha value is -1.90. The molecule has 0 aromatic carbocycles. The number of hydrogen-bond acceptors (Lipinski definition) is 7. The Morgan fingerprint density at radius 3 is 2.68 bits per heavy atom. The van der Waals surface area contributed by atoms with E-state index < -0.39 is 28.1 Å². The van der Waals surface area contributed by atoms with E-state index in [1.807, 2.05) is 0 Å². The van der Waals surface area contributed by atoms with Gasteiger partial charge in [-0.05, 0) is 32.5 Å². The predicted molar refractivity (Wildman–Crippen MR) is 65.4 cm³/mol. The number of aromatic nitrogens is 3. The molecule has 0 bridgehead atoms. The summed E-state index contributed by atoms with van der Waals surface area (Å²) in [4.78, 5) is 34.2. The Morgan fingerprint density at radius 1 is 1.47 bits per heavy atom.